The molecular formula is C130H80N2O2S2. The highest BCUT2D eigenvalue weighted by molar-refractivity contribution is 7.99. The molecule has 4 heterocycles. The van der Waals surface area contributed by atoms with Gasteiger partial charge in [-0.15, -0.1) is 0 Å². The van der Waals surface area contributed by atoms with Gasteiger partial charge in [-0.05, 0) is 283 Å². The van der Waals surface area contributed by atoms with E-state index in [-0.39, 0.29) is 0 Å². The Bertz CT molecular complexity index is 8340. The molecule has 0 bridgehead atoms. The fourth-order valence-corrected chi connectivity index (χ4v) is 27.4. The maximum absolute atomic E-state index is 7.47. The van der Waals surface area contributed by atoms with Crippen molar-refractivity contribution >= 4 is 57.6 Å². The van der Waals surface area contributed by atoms with Gasteiger partial charge in [0.25, 0.3) is 0 Å². The summed E-state index contributed by atoms with van der Waals surface area (Å²) in [7, 11) is 0. The Morgan fingerprint density at radius 1 is 0.140 bits per heavy atom. The van der Waals surface area contributed by atoms with E-state index < -0.39 is 21.7 Å². The van der Waals surface area contributed by atoms with Crippen molar-refractivity contribution < 1.29 is 9.47 Å². The SMILES string of the molecule is c1ccc(-c2ccc(-c3ccc(N(c4ccc5c(c4)C4(c6ccccc6Oc6cc(-c7cccc(-c8cccc(N(c9ccc%10c(c9)C9(c%11ccccc%11Oc%11ccccc%119)c9ccccc9-%10)c9ccc%10c(c9)C9(c%11ccccc%11Sc%11ccccc%119)c9ccccc9-%10)c8)c7)ccc64)c4ccccc4-5)c4ccc5c(c4)C4(c6ccccc6Sc6ccccc64)c4ccccc4-5)cc3)cc2)cc1. The van der Waals surface area contributed by atoms with Crippen molar-refractivity contribution in [3.63, 3.8) is 0 Å². The van der Waals surface area contributed by atoms with E-state index in [0.717, 1.165) is 113 Å². The number of para-hydroxylation sites is 3. The lowest BCUT2D eigenvalue weighted by atomic mass is 9.66. The molecule has 4 nitrogen and oxygen atoms in total. The number of anilines is 6. The van der Waals surface area contributed by atoms with Crippen LogP contribution >= 0.6 is 23.5 Å². The van der Waals surface area contributed by atoms with Crippen LogP contribution in [0.15, 0.2) is 505 Å². The molecule has 634 valence electrons. The average Bonchev–Trinajstić information content (AvgIpc) is 1.54. The van der Waals surface area contributed by atoms with Gasteiger partial charge in [-0.1, -0.05) is 381 Å². The van der Waals surface area contributed by atoms with Gasteiger partial charge in [0.1, 0.15) is 23.0 Å². The smallest absolute Gasteiger partial charge is 0.132 e. The Labute approximate surface area is 798 Å². The summed E-state index contributed by atoms with van der Waals surface area (Å²) in [6.45, 7) is 0. The van der Waals surface area contributed by atoms with E-state index in [0.29, 0.717) is 0 Å². The molecule has 1 unspecified atom stereocenters. The molecule has 0 fully saturated rings. The van der Waals surface area contributed by atoms with Gasteiger partial charge in [0, 0.05) is 76.0 Å². The van der Waals surface area contributed by atoms with Gasteiger partial charge in [-0.25, -0.2) is 0 Å². The van der Waals surface area contributed by atoms with E-state index in [1.165, 1.54) is 142 Å². The van der Waals surface area contributed by atoms with Gasteiger partial charge in [0.2, 0.25) is 0 Å². The van der Waals surface area contributed by atoms with Crippen LogP contribution in [0.2, 0.25) is 0 Å². The third-order valence-electron chi connectivity index (χ3n) is 30.5. The number of ether oxygens (including phenoxy) is 2. The van der Waals surface area contributed by atoms with Crippen molar-refractivity contribution in [1.29, 1.82) is 0 Å². The van der Waals surface area contributed by atoms with Crippen LogP contribution in [0.4, 0.5) is 34.1 Å². The third-order valence-corrected chi connectivity index (χ3v) is 32.8. The largest absolute Gasteiger partial charge is 0.457 e. The average molecular weight is 1770 g/mol. The first kappa shape index (κ1) is 77.1. The Morgan fingerprint density at radius 2 is 0.382 bits per heavy atom. The highest BCUT2D eigenvalue weighted by Crippen LogP contribution is 2.69. The molecule has 21 aromatic carbocycles. The molecule has 136 heavy (non-hydrogen) atoms. The van der Waals surface area contributed by atoms with Crippen LogP contribution in [0, 0.1) is 0 Å². The molecule has 4 aliphatic heterocycles. The van der Waals surface area contributed by atoms with E-state index >= 15 is 0 Å². The zero-order chi connectivity index (χ0) is 89.1. The summed E-state index contributed by atoms with van der Waals surface area (Å²) in [4.78, 5) is 10.1. The van der Waals surface area contributed by atoms with Gasteiger partial charge in [-0.3, -0.25) is 0 Å². The number of nitrogens with zero attached hydrogens (tertiary/aromatic N) is 2. The van der Waals surface area contributed by atoms with Crippen molar-refractivity contribution in [3.05, 3.63) is 574 Å². The van der Waals surface area contributed by atoms with E-state index in [1.807, 2.05) is 23.5 Å². The maximum Gasteiger partial charge on any atom is 0.132 e. The van der Waals surface area contributed by atoms with Crippen LogP contribution in [-0.4, -0.2) is 0 Å². The van der Waals surface area contributed by atoms with E-state index in [1.54, 1.807) is 0 Å². The van der Waals surface area contributed by atoms with Crippen LogP contribution in [0.5, 0.6) is 23.0 Å². The summed E-state index contributed by atoms with van der Waals surface area (Å²) in [6.07, 6.45) is 0. The van der Waals surface area contributed by atoms with Crippen molar-refractivity contribution in [2.75, 3.05) is 9.80 Å². The summed E-state index contributed by atoms with van der Waals surface area (Å²) in [5, 5.41) is 0. The quantitative estimate of drug-likeness (QED) is 0.135. The Morgan fingerprint density at radius 3 is 0.772 bits per heavy atom. The van der Waals surface area contributed by atoms with E-state index in [4.69, 9.17) is 9.47 Å². The minimum Gasteiger partial charge on any atom is -0.457 e. The molecule has 0 N–H and O–H groups in total. The number of benzene rings is 21. The topological polar surface area (TPSA) is 24.9 Å². The molecule has 8 aliphatic rings. The minimum absolute atomic E-state index is 0.591. The fourth-order valence-electron chi connectivity index (χ4n) is 25.0. The van der Waals surface area contributed by atoms with E-state index in [9.17, 15) is 0 Å². The predicted molar refractivity (Wildman–Crippen MR) is 555 cm³/mol. The Kier molecular flexibility index (Phi) is 16.7. The van der Waals surface area contributed by atoms with Crippen molar-refractivity contribution in [2.24, 2.45) is 0 Å². The van der Waals surface area contributed by atoms with Gasteiger partial charge in [-0.2, -0.15) is 0 Å². The predicted octanol–water partition coefficient (Wildman–Crippen LogP) is 33.9. The van der Waals surface area contributed by atoms with Crippen molar-refractivity contribution in [2.45, 2.75) is 41.2 Å². The normalized spacial score (nSPS) is 15.2. The van der Waals surface area contributed by atoms with Crippen LogP contribution in [-0.2, 0) is 21.7 Å². The lowest BCUT2D eigenvalue weighted by Crippen LogP contribution is -2.32. The molecule has 0 saturated carbocycles. The lowest BCUT2D eigenvalue weighted by Gasteiger charge is -2.40. The number of hydrogen-bond acceptors (Lipinski definition) is 6. The van der Waals surface area contributed by atoms with Gasteiger partial charge >= 0.3 is 0 Å². The second-order valence-corrected chi connectivity index (χ2v) is 39.2. The molecule has 0 saturated heterocycles. The number of hydrogen-bond donors (Lipinski definition) is 0. The first-order valence-corrected chi connectivity index (χ1v) is 48.6. The van der Waals surface area contributed by atoms with Crippen molar-refractivity contribution in [1.82, 2.24) is 0 Å². The summed E-state index contributed by atoms with van der Waals surface area (Å²) >= 11 is 3.76. The van der Waals surface area contributed by atoms with E-state index in [2.05, 4.69) is 495 Å². The van der Waals surface area contributed by atoms with Gasteiger partial charge in [0.15, 0.2) is 0 Å². The Hall–Kier alpha value is -16.5. The van der Waals surface area contributed by atoms with Crippen LogP contribution < -0.4 is 19.3 Å². The molecule has 0 radical (unpaired) electrons. The third kappa shape index (κ3) is 10.7. The monoisotopic (exact) mass is 1760 g/mol. The molecule has 29 rings (SSSR count). The summed E-state index contributed by atoms with van der Waals surface area (Å²) in [5.74, 6) is 3.37. The first-order chi connectivity index (χ1) is 67.4. The molecule has 6 heteroatoms. The summed E-state index contributed by atoms with van der Waals surface area (Å²) in [5.41, 5.74) is 42.1. The highest BCUT2D eigenvalue weighted by Gasteiger charge is 2.56. The van der Waals surface area contributed by atoms with Crippen LogP contribution in [0.25, 0.3) is 89.0 Å². The Balaban J connectivity index is 0.582. The molecule has 4 aliphatic carbocycles. The van der Waals surface area contributed by atoms with Gasteiger partial charge in [0.05, 0.1) is 21.7 Å². The lowest BCUT2D eigenvalue weighted by molar-refractivity contribution is 0.436. The molecular weight excluding hydrogens is 1690 g/mol. The first-order valence-electron chi connectivity index (χ1n) is 47.0. The maximum atomic E-state index is 7.47. The summed E-state index contributed by atoms with van der Waals surface area (Å²) in [6, 6.07) is 183. The van der Waals surface area contributed by atoms with Crippen molar-refractivity contribution in [3.8, 4) is 112 Å². The zero-order valence-corrected chi connectivity index (χ0v) is 75.3. The second-order valence-electron chi connectivity index (χ2n) is 37.0. The molecule has 0 amide bonds. The standard InChI is InChI=1S/C130H80N2O2S2/c1-2-28-81(29-3-1)82-56-58-83(59-57-82)84-60-63-89(64-61-84)131(92-66-70-101-97-36-6-10-40-105(97)129(117(101)78-92)111-45-15-22-52-123(111)135-124-53-23-16-46-112(124)129)91-65-69-100-96-35-5-9-39-104(96)128(116(100)77-91)109-44-14-21-51-121(109)134-122-76-88(62-73-110(122)128)86-31-26-30-85(74-86)87-32-27-33-90(75-87)132(93-67-71-99-95-34-4-8-38-103(95)127(115(99)79-93)107-42-12-19-49-119(107)133-120-50-20-13-43-108(120)127)94-68-72-102-98-37-7-11-41-106(98)130(118(102)80-94)113-47-17-24-54-125(113)136-126-55-25-18-48-114(126)130/h1-80H. The minimum atomic E-state index is -0.811. The second kappa shape index (κ2) is 29.5. The molecule has 4 spiro atoms. The van der Waals surface area contributed by atoms with Gasteiger partial charge < -0.3 is 19.3 Å². The highest BCUT2D eigenvalue weighted by atomic mass is 32.2. The fraction of sp³-hybridized carbons (Fsp3) is 0.0308. The zero-order valence-electron chi connectivity index (χ0n) is 73.7. The molecule has 0 aromatic heterocycles. The van der Waals surface area contributed by atoms with Crippen LogP contribution in [0.1, 0.15) is 89.0 Å². The number of fused-ring (bicyclic) bond motifs is 36. The molecule has 1 atom stereocenters. The van der Waals surface area contributed by atoms with Crippen LogP contribution in [0.3, 0.4) is 0 Å². The number of rotatable bonds is 10. The summed E-state index contributed by atoms with van der Waals surface area (Å²) < 4.78 is 14.4. The molecule has 21 aromatic rings.